The molecule has 1 aromatic heterocycles. The maximum Gasteiger partial charge on any atom is 0.128 e. The lowest BCUT2D eigenvalue weighted by atomic mass is 10.0. The van der Waals surface area contributed by atoms with Crippen molar-refractivity contribution in [3.8, 4) is 0 Å². The van der Waals surface area contributed by atoms with Crippen molar-refractivity contribution in [1.29, 1.82) is 0 Å². The molecule has 1 N–H and O–H groups in total. The number of hydrogen-bond donors (Lipinski definition) is 1. The molecule has 1 aliphatic carbocycles. The molecular formula is C15H23N3. The summed E-state index contributed by atoms with van der Waals surface area (Å²) >= 11 is 0. The van der Waals surface area contributed by atoms with Crippen molar-refractivity contribution < 1.29 is 0 Å². The number of aromatic nitrogens is 2. The van der Waals surface area contributed by atoms with Gasteiger partial charge in [0.2, 0.25) is 0 Å². The van der Waals surface area contributed by atoms with Gasteiger partial charge in [-0.05, 0) is 25.2 Å². The summed E-state index contributed by atoms with van der Waals surface area (Å²) in [6, 6.07) is 0. The van der Waals surface area contributed by atoms with Crippen LogP contribution < -0.4 is 5.32 Å². The van der Waals surface area contributed by atoms with Crippen LogP contribution in [0.3, 0.4) is 0 Å². The number of rotatable bonds is 4. The molecule has 3 nitrogen and oxygen atoms in total. The first-order valence-corrected chi connectivity index (χ1v) is 7.33. The fraction of sp³-hybridized carbons (Fsp3) is 0.733. The number of aryl methyl sites for hydroxylation is 1. The van der Waals surface area contributed by atoms with Gasteiger partial charge in [-0.3, -0.25) is 0 Å². The summed E-state index contributed by atoms with van der Waals surface area (Å²) in [5, 5.41) is 3.45. The zero-order chi connectivity index (χ0) is 12.5. The third kappa shape index (κ3) is 2.56. The quantitative estimate of drug-likeness (QED) is 0.886. The highest BCUT2D eigenvalue weighted by atomic mass is 15.0. The summed E-state index contributed by atoms with van der Waals surface area (Å²) in [4.78, 5) is 9.67. The molecule has 0 aromatic carbocycles. The fourth-order valence-corrected chi connectivity index (χ4v) is 2.65. The maximum atomic E-state index is 4.87. The summed E-state index contributed by atoms with van der Waals surface area (Å²) in [6.07, 6.45) is 5.96. The molecule has 1 saturated carbocycles. The van der Waals surface area contributed by atoms with E-state index in [9.17, 15) is 0 Å². The molecule has 0 spiro atoms. The largest absolute Gasteiger partial charge is 0.312 e. The maximum absolute atomic E-state index is 4.87. The van der Waals surface area contributed by atoms with E-state index in [1.54, 1.807) is 0 Å². The van der Waals surface area contributed by atoms with Gasteiger partial charge in [0.05, 0.1) is 11.4 Å². The lowest BCUT2D eigenvalue weighted by molar-refractivity contribution is 0.562. The third-order valence-corrected chi connectivity index (χ3v) is 3.92. The molecule has 2 heterocycles. The molecule has 98 valence electrons. The van der Waals surface area contributed by atoms with Gasteiger partial charge >= 0.3 is 0 Å². The first kappa shape index (κ1) is 12.1. The van der Waals surface area contributed by atoms with Crippen LogP contribution in [0.1, 0.15) is 61.8 Å². The molecule has 18 heavy (non-hydrogen) atoms. The van der Waals surface area contributed by atoms with Crippen LogP contribution in [-0.4, -0.2) is 16.5 Å². The Morgan fingerprint density at radius 2 is 2.11 bits per heavy atom. The van der Waals surface area contributed by atoms with Crippen molar-refractivity contribution in [3.05, 3.63) is 22.8 Å². The molecule has 0 bridgehead atoms. The van der Waals surface area contributed by atoms with Crippen LogP contribution in [0.15, 0.2) is 0 Å². The minimum atomic E-state index is 0.732. The van der Waals surface area contributed by atoms with Gasteiger partial charge in [-0.25, -0.2) is 9.97 Å². The Morgan fingerprint density at radius 1 is 1.28 bits per heavy atom. The molecule has 1 aromatic rings. The average molecular weight is 245 g/mol. The van der Waals surface area contributed by atoms with Crippen molar-refractivity contribution in [1.82, 2.24) is 15.3 Å². The van der Waals surface area contributed by atoms with Crippen LogP contribution in [0.5, 0.6) is 0 Å². The first-order valence-electron chi connectivity index (χ1n) is 7.33. The van der Waals surface area contributed by atoms with Gasteiger partial charge < -0.3 is 5.32 Å². The molecule has 3 rings (SSSR count). The smallest absolute Gasteiger partial charge is 0.128 e. The number of fused-ring (bicyclic) bond motifs is 1. The van der Waals surface area contributed by atoms with Gasteiger partial charge in [-0.1, -0.05) is 13.8 Å². The van der Waals surface area contributed by atoms with Crippen LogP contribution in [0.25, 0.3) is 0 Å². The predicted octanol–water partition coefficient (Wildman–Crippen LogP) is 2.59. The Bertz CT molecular complexity index is 436. The highest BCUT2D eigenvalue weighted by Gasteiger charge is 2.30. The van der Waals surface area contributed by atoms with E-state index in [1.165, 1.54) is 36.2 Å². The summed E-state index contributed by atoms with van der Waals surface area (Å²) in [7, 11) is 0. The van der Waals surface area contributed by atoms with E-state index in [0.29, 0.717) is 0 Å². The van der Waals surface area contributed by atoms with E-state index in [4.69, 9.17) is 9.97 Å². The molecule has 0 saturated heterocycles. The molecular weight excluding hydrogens is 222 g/mol. The number of hydrogen-bond acceptors (Lipinski definition) is 3. The fourth-order valence-electron chi connectivity index (χ4n) is 2.65. The highest BCUT2D eigenvalue weighted by Crippen LogP contribution is 2.41. The normalized spacial score (nSPS) is 19.1. The standard InChI is InChI=1S/C15H23N3/c1-10(2)3-6-14-17-13-7-8-16-9-12(13)15(18-14)11-4-5-11/h10-11,16H,3-9H2,1-2H3. The van der Waals surface area contributed by atoms with Gasteiger partial charge in [0.15, 0.2) is 0 Å². The van der Waals surface area contributed by atoms with Gasteiger partial charge in [-0.2, -0.15) is 0 Å². The summed E-state index contributed by atoms with van der Waals surface area (Å²) in [6.45, 7) is 6.58. The summed E-state index contributed by atoms with van der Waals surface area (Å²) < 4.78 is 0. The number of nitrogens with zero attached hydrogens (tertiary/aromatic N) is 2. The lowest BCUT2D eigenvalue weighted by Crippen LogP contribution is -2.27. The SMILES string of the molecule is CC(C)CCc1nc2c(c(C3CC3)n1)CNCC2. The lowest BCUT2D eigenvalue weighted by Gasteiger charge is -2.20. The topological polar surface area (TPSA) is 37.8 Å². The monoisotopic (exact) mass is 245 g/mol. The van der Waals surface area contributed by atoms with Crippen LogP contribution in [-0.2, 0) is 19.4 Å². The van der Waals surface area contributed by atoms with Gasteiger partial charge in [0.1, 0.15) is 5.82 Å². The Kier molecular flexibility index (Phi) is 3.33. The zero-order valence-corrected chi connectivity index (χ0v) is 11.5. The van der Waals surface area contributed by atoms with Crippen molar-refractivity contribution in [2.24, 2.45) is 5.92 Å². The highest BCUT2D eigenvalue weighted by molar-refractivity contribution is 5.33. The Morgan fingerprint density at radius 3 is 2.83 bits per heavy atom. The van der Waals surface area contributed by atoms with Gasteiger partial charge in [-0.15, -0.1) is 0 Å². The second-order valence-corrected chi connectivity index (χ2v) is 6.08. The first-order chi connectivity index (χ1) is 8.74. The molecule has 3 heteroatoms. The van der Waals surface area contributed by atoms with Gasteiger partial charge in [0, 0.05) is 37.4 Å². The van der Waals surface area contributed by atoms with Crippen LogP contribution in [0, 0.1) is 5.92 Å². The van der Waals surface area contributed by atoms with Crippen LogP contribution in [0.2, 0.25) is 0 Å². The molecule has 1 aliphatic heterocycles. The predicted molar refractivity (Wildman–Crippen MR) is 72.6 cm³/mol. The van der Waals surface area contributed by atoms with E-state index in [2.05, 4.69) is 19.2 Å². The van der Waals surface area contributed by atoms with Crippen LogP contribution >= 0.6 is 0 Å². The Balaban J connectivity index is 1.88. The molecule has 0 unspecified atom stereocenters. The van der Waals surface area contributed by atoms with E-state index in [0.717, 1.165) is 43.6 Å². The molecule has 2 aliphatic rings. The number of nitrogens with one attached hydrogen (secondary N) is 1. The zero-order valence-electron chi connectivity index (χ0n) is 11.5. The van der Waals surface area contributed by atoms with Crippen molar-refractivity contribution in [2.45, 2.75) is 58.4 Å². The molecule has 1 fully saturated rings. The molecule has 0 atom stereocenters. The van der Waals surface area contributed by atoms with E-state index in [-0.39, 0.29) is 0 Å². The second kappa shape index (κ2) is 4.96. The van der Waals surface area contributed by atoms with Crippen molar-refractivity contribution in [3.63, 3.8) is 0 Å². The second-order valence-electron chi connectivity index (χ2n) is 6.08. The average Bonchev–Trinajstić information content (AvgIpc) is 3.19. The Hall–Kier alpha value is -0.960. The molecule has 0 amide bonds. The minimum absolute atomic E-state index is 0.732. The van der Waals surface area contributed by atoms with E-state index < -0.39 is 0 Å². The van der Waals surface area contributed by atoms with Crippen molar-refractivity contribution in [2.75, 3.05) is 6.54 Å². The Labute approximate surface area is 109 Å². The summed E-state index contributed by atoms with van der Waals surface area (Å²) in [5.41, 5.74) is 4.10. The van der Waals surface area contributed by atoms with Crippen LogP contribution in [0.4, 0.5) is 0 Å². The molecule has 0 radical (unpaired) electrons. The van der Waals surface area contributed by atoms with Crippen molar-refractivity contribution >= 4 is 0 Å². The summed E-state index contributed by atoms with van der Waals surface area (Å²) in [5.74, 6) is 2.56. The van der Waals surface area contributed by atoms with E-state index in [1.807, 2.05) is 0 Å². The van der Waals surface area contributed by atoms with Gasteiger partial charge in [0.25, 0.3) is 0 Å². The third-order valence-electron chi connectivity index (χ3n) is 3.92. The minimum Gasteiger partial charge on any atom is -0.312 e. The van der Waals surface area contributed by atoms with E-state index >= 15 is 0 Å².